The minimum absolute atomic E-state index is 0.0621. The summed E-state index contributed by atoms with van der Waals surface area (Å²) in [6, 6.07) is 0. The van der Waals surface area contributed by atoms with Gasteiger partial charge in [0, 0.05) is 36.0 Å². The van der Waals surface area contributed by atoms with Crippen molar-refractivity contribution in [2.75, 3.05) is 85.9 Å². The van der Waals surface area contributed by atoms with E-state index in [9.17, 15) is 86.8 Å². The van der Waals surface area contributed by atoms with E-state index in [2.05, 4.69) is 27.7 Å². The smallest absolute Gasteiger partial charge is 0.184 e. The summed E-state index contributed by atoms with van der Waals surface area (Å²) in [6.07, 6.45) is -26.5. The highest BCUT2D eigenvalue weighted by molar-refractivity contribution is 5.19. The molecule has 0 radical (unpaired) electrons. The van der Waals surface area contributed by atoms with E-state index in [0.29, 0.717) is 25.4 Å². The fourth-order valence-electron chi connectivity index (χ4n) is 19.0. The van der Waals surface area contributed by atoms with Gasteiger partial charge in [0.1, 0.15) is 91.6 Å². The summed E-state index contributed by atoms with van der Waals surface area (Å²) in [4.78, 5) is 0. The minimum Gasteiger partial charge on any atom is -0.394 e. The van der Waals surface area contributed by atoms with Crippen LogP contribution in [-0.4, -0.2) is 331 Å². The summed E-state index contributed by atoms with van der Waals surface area (Å²) in [7, 11) is 0. The third kappa shape index (κ3) is 13.4. The third-order valence-electron chi connectivity index (χ3n) is 24.4. The molecule has 11 fully saturated rings. The molecule has 7 heterocycles. The zero-order valence-electron chi connectivity index (χ0n) is 53.1. The molecular weight excluding hydrogens is 1220 g/mol. The first-order chi connectivity index (χ1) is 43.8. The number of aliphatic hydroxyl groups is 17. The van der Waals surface area contributed by atoms with Crippen molar-refractivity contribution in [1.29, 1.82) is 0 Å². The second-order valence-corrected chi connectivity index (χ2v) is 29.6. The van der Waals surface area contributed by atoms with Crippen LogP contribution in [0.2, 0.25) is 0 Å². The van der Waals surface area contributed by atoms with E-state index in [0.717, 1.165) is 38.5 Å². The molecule has 532 valence electrons. The molecule has 29 heteroatoms. The molecule has 0 aromatic rings. The molecule has 1 spiro atoms. The molecular formula is C63H106O29. The topological polar surface area (TPSA) is 455 Å². The Balaban J connectivity index is 0.722. The van der Waals surface area contributed by atoms with Crippen LogP contribution in [0.1, 0.15) is 79.1 Å². The molecule has 0 aromatic carbocycles. The lowest BCUT2D eigenvalue weighted by Gasteiger charge is -2.62. The Morgan fingerprint density at radius 1 is 0.457 bits per heavy atom. The van der Waals surface area contributed by atoms with Crippen LogP contribution in [0, 0.1) is 70.0 Å². The van der Waals surface area contributed by atoms with Crippen molar-refractivity contribution in [2.24, 2.45) is 70.0 Å². The average molecular weight is 1330 g/mol. The highest BCUT2D eigenvalue weighted by Gasteiger charge is 2.73. The van der Waals surface area contributed by atoms with E-state index in [1.54, 1.807) is 0 Å². The van der Waals surface area contributed by atoms with Crippen LogP contribution in [-0.2, 0) is 56.8 Å². The van der Waals surface area contributed by atoms with Crippen molar-refractivity contribution in [3.63, 3.8) is 0 Å². The van der Waals surface area contributed by atoms with Crippen LogP contribution in [0.4, 0.5) is 0 Å². The number of ether oxygens (including phenoxy) is 12. The quantitative estimate of drug-likeness (QED) is 0.0509. The highest BCUT2D eigenvalue weighted by atomic mass is 16.7. The summed E-state index contributed by atoms with van der Waals surface area (Å²) in [6.45, 7) is 3.71. The van der Waals surface area contributed by atoms with Gasteiger partial charge in [-0.2, -0.15) is 0 Å². The standard InChI is InChI=1S/C63H106O29/c1-26-7-10-63(86-17-26)27(2)45-59(92-63)56(79)46-29-6-5-28-11-36(34(68)12-62(28,4)33(29)8-9-61(45,46)3)85-25-43-54(77)49(72)30(37(13-64)87-43)18-81-24-44-58(32(48(71)38(14-65)89-44)20-83-22-41-53(76)51(74)35(69)21-84-41)91-60-50(73)31(47(70)39(15-66)90-60)19-82-23-42-55(78)57(80)52(75)40(16-67)88-42/h26-60,64-80H,5-25H2,1-4H3. The number of rotatable bonds is 21. The lowest BCUT2D eigenvalue weighted by atomic mass is 9.44. The number of fused-ring (bicyclic) bond motifs is 7. The minimum atomic E-state index is -1.79. The van der Waals surface area contributed by atoms with Gasteiger partial charge in [-0.15, -0.1) is 0 Å². The van der Waals surface area contributed by atoms with Gasteiger partial charge in [0.15, 0.2) is 12.1 Å². The van der Waals surface area contributed by atoms with Gasteiger partial charge in [-0.25, -0.2) is 0 Å². The summed E-state index contributed by atoms with van der Waals surface area (Å²) in [5.41, 5.74) is -0.341. The zero-order chi connectivity index (χ0) is 66.0. The van der Waals surface area contributed by atoms with E-state index >= 15 is 0 Å². The lowest BCUT2D eigenvalue weighted by molar-refractivity contribution is -0.338. The Bertz CT molecular complexity index is 2340. The highest BCUT2D eigenvalue weighted by Crippen LogP contribution is 2.71. The van der Waals surface area contributed by atoms with Gasteiger partial charge in [0.25, 0.3) is 0 Å². The Hall–Kier alpha value is -1.16. The maximum absolute atomic E-state index is 12.3. The van der Waals surface area contributed by atoms with E-state index in [1.807, 2.05) is 0 Å². The molecule has 92 heavy (non-hydrogen) atoms. The van der Waals surface area contributed by atoms with Gasteiger partial charge in [0.05, 0.1) is 141 Å². The first kappa shape index (κ1) is 72.1. The molecule has 0 amide bonds. The van der Waals surface area contributed by atoms with E-state index in [1.165, 1.54) is 0 Å². The molecule has 7 aliphatic heterocycles. The summed E-state index contributed by atoms with van der Waals surface area (Å²) in [5.74, 6) is -2.64. The average Bonchev–Trinajstić information content (AvgIpc) is 1.50. The molecule has 11 aliphatic rings. The van der Waals surface area contributed by atoms with E-state index < -0.39 is 223 Å². The molecule has 0 bridgehead atoms. The molecule has 38 unspecified atom stereocenters. The van der Waals surface area contributed by atoms with Gasteiger partial charge in [-0.05, 0) is 85.4 Å². The SMILES string of the molecule is CC1CCC2(OC1)OC1C(O)C3C4CCC5CC(OCC6OC(CO)C(COCC7OC(CO)C(O)C(COCC8OCC(O)C(O)C8O)C7OC7OC(CO)C(O)C(COCC8OC(CO)C(O)C(O)C8O)C7O)C(O)C6O)C(O)CC5(C)C4CCC3(C)C1C2C. The van der Waals surface area contributed by atoms with Crippen molar-refractivity contribution < 1.29 is 144 Å². The van der Waals surface area contributed by atoms with Crippen LogP contribution < -0.4 is 0 Å². The summed E-state index contributed by atoms with van der Waals surface area (Å²) >= 11 is 0. The van der Waals surface area contributed by atoms with Crippen LogP contribution in [0.3, 0.4) is 0 Å². The number of hydrogen-bond donors (Lipinski definition) is 17. The van der Waals surface area contributed by atoms with E-state index in [-0.39, 0.29) is 78.9 Å². The molecule has 29 nitrogen and oxygen atoms in total. The van der Waals surface area contributed by atoms with Gasteiger partial charge in [-0.1, -0.05) is 27.7 Å². The van der Waals surface area contributed by atoms with Crippen LogP contribution in [0.25, 0.3) is 0 Å². The Morgan fingerprint density at radius 3 is 1.72 bits per heavy atom. The Kier molecular flexibility index (Phi) is 23.2. The molecule has 0 aromatic heterocycles. The second-order valence-electron chi connectivity index (χ2n) is 29.6. The second kappa shape index (κ2) is 29.6. The molecule has 4 saturated carbocycles. The van der Waals surface area contributed by atoms with Crippen molar-refractivity contribution in [2.45, 2.75) is 238 Å². The largest absolute Gasteiger partial charge is 0.394 e. The first-order valence-corrected chi connectivity index (χ1v) is 33.7. The van der Waals surface area contributed by atoms with Crippen LogP contribution in [0.5, 0.6) is 0 Å². The predicted molar refractivity (Wildman–Crippen MR) is 311 cm³/mol. The van der Waals surface area contributed by atoms with Gasteiger partial charge < -0.3 is 144 Å². The van der Waals surface area contributed by atoms with Gasteiger partial charge in [0.2, 0.25) is 0 Å². The monoisotopic (exact) mass is 1330 g/mol. The van der Waals surface area contributed by atoms with Crippen LogP contribution >= 0.6 is 0 Å². The fourth-order valence-corrected chi connectivity index (χ4v) is 19.0. The third-order valence-corrected chi connectivity index (χ3v) is 24.4. The maximum Gasteiger partial charge on any atom is 0.184 e. The van der Waals surface area contributed by atoms with Crippen molar-refractivity contribution in [1.82, 2.24) is 0 Å². The number of aliphatic hydroxyl groups excluding tert-OH is 17. The Morgan fingerprint density at radius 2 is 1.03 bits per heavy atom. The molecule has 7 saturated heterocycles. The summed E-state index contributed by atoms with van der Waals surface area (Å²) in [5, 5.41) is 186. The van der Waals surface area contributed by atoms with Gasteiger partial charge in [-0.3, -0.25) is 0 Å². The Labute approximate surface area is 535 Å². The zero-order valence-corrected chi connectivity index (χ0v) is 53.1. The predicted octanol–water partition coefficient (Wildman–Crippen LogP) is -5.59. The summed E-state index contributed by atoms with van der Waals surface area (Å²) < 4.78 is 73.5. The first-order valence-electron chi connectivity index (χ1n) is 33.7. The fraction of sp³-hybridized carbons (Fsp3) is 1.00. The van der Waals surface area contributed by atoms with Crippen molar-refractivity contribution in [3.05, 3.63) is 0 Å². The maximum atomic E-state index is 12.3. The van der Waals surface area contributed by atoms with Crippen LogP contribution in [0.15, 0.2) is 0 Å². The van der Waals surface area contributed by atoms with E-state index in [4.69, 9.17) is 56.8 Å². The van der Waals surface area contributed by atoms with Crippen molar-refractivity contribution >= 4 is 0 Å². The van der Waals surface area contributed by atoms with Crippen molar-refractivity contribution in [3.8, 4) is 0 Å². The lowest BCUT2D eigenvalue weighted by Crippen LogP contribution is -2.63. The molecule has 38 atom stereocenters. The normalized spacial score (nSPS) is 54.6. The molecule has 11 rings (SSSR count). The molecule has 17 N–H and O–H groups in total. The number of hydrogen-bond acceptors (Lipinski definition) is 29. The van der Waals surface area contributed by atoms with Gasteiger partial charge >= 0.3 is 0 Å². The molecule has 4 aliphatic carbocycles.